The van der Waals surface area contributed by atoms with Gasteiger partial charge < -0.3 is 16.8 Å². The number of thiocarbonyl (C=S) groups is 1. The van der Waals surface area contributed by atoms with Crippen LogP contribution in [0.15, 0.2) is 0 Å². The molecule has 0 spiro atoms. The third-order valence-electron chi connectivity index (χ3n) is 2.54. The van der Waals surface area contributed by atoms with Crippen LogP contribution in [0.4, 0.5) is 0 Å². The van der Waals surface area contributed by atoms with Gasteiger partial charge in [-0.3, -0.25) is 9.59 Å². The molecule has 0 aromatic heterocycles. The number of nitrogens with two attached hydrogens (primary N) is 2. The standard InChI is InChI=1S/C9H17N3O2S/c1-3-9(4-2,7(11)15)8(14)12-5-6(10)13/h3-5H2,1-2H3,(H2,10,13)(H2,11,15)(H,12,14). The molecule has 0 aromatic rings. The Bertz CT molecular complexity index is 275. The molecule has 2 amide bonds. The Morgan fingerprint density at radius 2 is 1.73 bits per heavy atom. The second-order valence-corrected chi connectivity index (χ2v) is 3.74. The highest BCUT2D eigenvalue weighted by atomic mass is 32.1. The molecule has 5 nitrogen and oxygen atoms in total. The van der Waals surface area contributed by atoms with Crippen molar-refractivity contribution in [3.63, 3.8) is 0 Å². The number of amides is 2. The lowest BCUT2D eigenvalue weighted by Crippen LogP contribution is -2.50. The number of hydrogen-bond donors (Lipinski definition) is 3. The first-order valence-electron chi connectivity index (χ1n) is 4.77. The van der Waals surface area contributed by atoms with E-state index in [2.05, 4.69) is 5.32 Å². The maximum Gasteiger partial charge on any atom is 0.236 e. The second kappa shape index (κ2) is 5.65. The first-order valence-corrected chi connectivity index (χ1v) is 5.18. The maximum atomic E-state index is 11.8. The van der Waals surface area contributed by atoms with Crippen LogP contribution in [0.1, 0.15) is 26.7 Å². The first kappa shape index (κ1) is 13.8. The van der Waals surface area contributed by atoms with E-state index >= 15 is 0 Å². The van der Waals surface area contributed by atoms with Gasteiger partial charge in [-0.1, -0.05) is 26.1 Å². The first-order chi connectivity index (χ1) is 6.90. The van der Waals surface area contributed by atoms with E-state index in [4.69, 9.17) is 23.7 Å². The Morgan fingerprint density at radius 1 is 1.27 bits per heavy atom. The summed E-state index contributed by atoms with van der Waals surface area (Å²) in [4.78, 5) is 22.5. The fourth-order valence-corrected chi connectivity index (χ4v) is 1.75. The van der Waals surface area contributed by atoms with Gasteiger partial charge in [0.15, 0.2) is 0 Å². The van der Waals surface area contributed by atoms with Gasteiger partial charge in [-0.2, -0.15) is 0 Å². The highest BCUT2D eigenvalue weighted by Crippen LogP contribution is 2.26. The monoisotopic (exact) mass is 231 g/mol. The largest absolute Gasteiger partial charge is 0.392 e. The Labute approximate surface area is 94.6 Å². The molecule has 0 saturated carbocycles. The molecule has 0 bridgehead atoms. The predicted octanol–water partition coefficient (Wildman–Crippen LogP) is -0.320. The topological polar surface area (TPSA) is 98.2 Å². The van der Waals surface area contributed by atoms with Gasteiger partial charge in [-0.15, -0.1) is 0 Å². The average molecular weight is 231 g/mol. The minimum atomic E-state index is -0.870. The number of carbonyl (C=O) groups excluding carboxylic acids is 2. The minimum Gasteiger partial charge on any atom is -0.392 e. The Morgan fingerprint density at radius 3 is 2.00 bits per heavy atom. The molecule has 0 unspecified atom stereocenters. The number of rotatable bonds is 6. The van der Waals surface area contributed by atoms with Crippen LogP contribution in [-0.2, 0) is 9.59 Å². The Balaban J connectivity index is 4.70. The molecule has 0 heterocycles. The molecule has 0 aromatic carbocycles. The molecule has 86 valence electrons. The molecule has 0 radical (unpaired) electrons. The van der Waals surface area contributed by atoms with Gasteiger partial charge in [0.2, 0.25) is 11.8 Å². The molecule has 0 aliphatic rings. The molecular formula is C9H17N3O2S. The summed E-state index contributed by atoms with van der Waals surface area (Å²) in [6, 6.07) is 0. The summed E-state index contributed by atoms with van der Waals surface area (Å²) < 4.78 is 0. The second-order valence-electron chi connectivity index (χ2n) is 3.30. The number of primary amides is 1. The van der Waals surface area contributed by atoms with Gasteiger partial charge in [0.1, 0.15) is 0 Å². The molecule has 0 fully saturated rings. The van der Waals surface area contributed by atoms with Crippen LogP contribution in [-0.4, -0.2) is 23.3 Å². The zero-order valence-corrected chi connectivity index (χ0v) is 9.82. The van der Waals surface area contributed by atoms with Gasteiger partial charge in [-0.25, -0.2) is 0 Å². The van der Waals surface area contributed by atoms with E-state index < -0.39 is 11.3 Å². The molecule has 0 atom stereocenters. The summed E-state index contributed by atoms with van der Waals surface area (Å²) in [5.74, 6) is -0.925. The molecule has 6 heteroatoms. The molecule has 0 saturated heterocycles. The van der Waals surface area contributed by atoms with Crippen molar-refractivity contribution in [2.24, 2.45) is 16.9 Å². The van der Waals surface area contributed by atoms with Crippen molar-refractivity contribution >= 4 is 29.0 Å². The van der Waals surface area contributed by atoms with Crippen LogP contribution < -0.4 is 16.8 Å². The van der Waals surface area contributed by atoms with E-state index in [0.29, 0.717) is 12.8 Å². The lowest BCUT2D eigenvalue weighted by Gasteiger charge is -2.28. The Kier molecular flexibility index (Phi) is 5.21. The molecular weight excluding hydrogens is 214 g/mol. The SMILES string of the molecule is CCC(CC)(C(=O)NCC(N)=O)C(N)=S. The summed E-state index contributed by atoms with van der Waals surface area (Å²) in [5, 5.41) is 2.43. The van der Waals surface area contributed by atoms with E-state index in [1.54, 1.807) is 0 Å². The van der Waals surface area contributed by atoms with Gasteiger partial charge in [-0.05, 0) is 12.8 Å². The fraction of sp³-hybridized carbons (Fsp3) is 0.667. The third-order valence-corrected chi connectivity index (χ3v) is 2.93. The van der Waals surface area contributed by atoms with Crippen molar-refractivity contribution in [3.05, 3.63) is 0 Å². The van der Waals surface area contributed by atoms with Crippen LogP contribution in [0.2, 0.25) is 0 Å². The summed E-state index contributed by atoms with van der Waals surface area (Å²) in [6.45, 7) is 3.46. The van der Waals surface area contributed by atoms with Crippen LogP contribution >= 0.6 is 12.2 Å². The highest BCUT2D eigenvalue weighted by molar-refractivity contribution is 7.80. The van der Waals surface area contributed by atoms with Gasteiger partial charge in [0, 0.05) is 0 Å². The van der Waals surface area contributed by atoms with Crippen LogP contribution in [0.25, 0.3) is 0 Å². The Hall–Kier alpha value is -1.17. The van der Waals surface area contributed by atoms with Crippen molar-refractivity contribution in [1.29, 1.82) is 0 Å². The van der Waals surface area contributed by atoms with Gasteiger partial charge in [0.25, 0.3) is 0 Å². The van der Waals surface area contributed by atoms with Crippen LogP contribution in [0.3, 0.4) is 0 Å². The van der Waals surface area contributed by atoms with Crippen LogP contribution in [0, 0.1) is 5.41 Å². The quantitative estimate of drug-likeness (QED) is 0.546. The van der Waals surface area contributed by atoms with Crippen molar-refractivity contribution in [2.45, 2.75) is 26.7 Å². The zero-order valence-electron chi connectivity index (χ0n) is 9.00. The van der Waals surface area contributed by atoms with E-state index in [-0.39, 0.29) is 17.4 Å². The number of nitrogens with one attached hydrogen (secondary N) is 1. The summed E-state index contributed by atoms with van der Waals surface area (Å²) in [7, 11) is 0. The van der Waals surface area contributed by atoms with Crippen LogP contribution in [0.5, 0.6) is 0 Å². The van der Waals surface area contributed by atoms with E-state index in [1.165, 1.54) is 0 Å². The summed E-state index contributed by atoms with van der Waals surface area (Å²) >= 11 is 4.88. The minimum absolute atomic E-state index is 0.148. The average Bonchev–Trinajstić information content (AvgIpc) is 2.17. The molecule has 0 aliphatic carbocycles. The predicted molar refractivity (Wildman–Crippen MR) is 62.0 cm³/mol. The smallest absolute Gasteiger partial charge is 0.236 e. The number of carbonyl (C=O) groups is 2. The lowest BCUT2D eigenvalue weighted by molar-refractivity contribution is -0.130. The van der Waals surface area contributed by atoms with E-state index in [0.717, 1.165) is 0 Å². The highest BCUT2D eigenvalue weighted by Gasteiger charge is 2.37. The van der Waals surface area contributed by atoms with Crippen molar-refractivity contribution in [1.82, 2.24) is 5.32 Å². The van der Waals surface area contributed by atoms with Crippen molar-refractivity contribution in [2.75, 3.05) is 6.54 Å². The fourth-order valence-electron chi connectivity index (χ4n) is 1.37. The summed E-state index contributed by atoms with van der Waals surface area (Å²) in [6.07, 6.45) is 1.01. The third kappa shape index (κ3) is 3.16. The molecule has 5 N–H and O–H groups in total. The molecule has 15 heavy (non-hydrogen) atoms. The van der Waals surface area contributed by atoms with Gasteiger partial charge >= 0.3 is 0 Å². The zero-order chi connectivity index (χ0) is 12.1. The molecule has 0 rings (SSSR count). The molecule has 0 aliphatic heterocycles. The van der Waals surface area contributed by atoms with Gasteiger partial charge in [0.05, 0.1) is 16.9 Å². The lowest BCUT2D eigenvalue weighted by atomic mass is 9.81. The normalized spacial score (nSPS) is 10.8. The maximum absolute atomic E-state index is 11.8. The van der Waals surface area contributed by atoms with E-state index in [1.807, 2.05) is 13.8 Å². The van der Waals surface area contributed by atoms with E-state index in [9.17, 15) is 9.59 Å². The number of hydrogen-bond acceptors (Lipinski definition) is 3. The summed E-state index contributed by atoms with van der Waals surface area (Å²) in [5.41, 5.74) is 9.61. The van der Waals surface area contributed by atoms with Crippen molar-refractivity contribution < 1.29 is 9.59 Å². The van der Waals surface area contributed by atoms with Crippen molar-refractivity contribution in [3.8, 4) is 0 Å².